The lowest BCUT2D eigenvalue weighted by atomic mass is 10.1. The first-order chi connectivity index (χ1) is 8.74. The molecule has 0 heterocycles. The van der Waals surface area contributed by atoms with E-state index in [1.54, 1.807) is 12.1 Å². The summed E-state index contributed by atoms with van der Waals surface area (Å²) in [6, 6.07) is 3.27. The van der Waals surface area contributed by atoms with E-state index >= 15 is 0 Å². The number of rotatable bonds is 4. The van der Waals surface area contributed by atoms with Crippen molar-refractivity contribution >= 4 is 0 Å². The molecule has 1 aromatic carbocycles. The third-order valence-corrected chi connectivity index (χ3v) is 3.93. The molecule has 2 fully saturated rings. The Balaban J connectivity index is 1.75. The lowest BCUT2D eigenvalue weighted by Crippen LogP contribution is -2.12. The highest BCUT2D eigenvalue weighted by Crippen LogP contribution is 2.35. The molecule has 0 saturated heterocycles. The molecule has 2 saturated carbocycles. The zero-order chi connectivity index (χ0) is 12.5. The lowest BCUT2D eigenvalue weighted by Gasteiger charge is -2.15. The van der Waals surface area contributed by atoms with Crippen LogP contribution in [0, 0.1) is 17.6 Å². The van der Waals surface area contributed by atoms with Crippen molar-refractivity contribution in [3.8, 4) is 5.75 Å². The average molecular weight is 252 g/mol. The number of ether oxygens (including phenoxy) is 1. The Kier molecular flexibility index (Phi) is 3.23. The van der Waals surface area contributed by atoms with E-state index in [0.717, 1.165) is 38.5 Å². The molecule has 0 amide bonds. The van der Waals surface area contributed by atoms with Crippen LogP contribution in [0.5, 0.6) is 5.75 Å². The Morgan fingerprint density at radius 2 is 1.72 bits per heavy atom. The van der Waals surface area contributed by atoms with E-state index in [2.05, 4.69) is 0 Å². The van der Waals surface area contributed by atoms with Gasteiger partial charge in [0.25, 0.3) is 0 Å². The molecule has 0 radical (unpaired) electrons. The fraction of sp³-hybridized carbons (Fsp3) is 0.600. The van der Waals surface area contributed by atoms with Crippen LogP contribution in [0.1, 0.15) is 44.1 Å². The molecule has 18 heavy (non-hydrogen) atoms. The Hall–Kier alpha value is -1.12. The molecule has 0 atom stereocenters. The van der Waals surface area contributed by atoms with Crippen LogP contribution in [0.3, 0.4) is 0 Å². The fourth-order valence-corrected chi connectivity index (χ4v) is 2.64. The van der Waals surface area contributed by atoms with Crippen LogP contribution in [0.25, 0.3) is 0 Å². The Morgan fingerprint density at radius 3 is 2.39 bits per heavy atom. The molecule has 3 rings (SSSR count). The van der Waals surface area contributed by atoms with Crippen LogP contribution >= 0.6 is 0 Å². The third kappa shape index (κ3) is 2.50. The molecule has 0 aromatic heterocycles. The van der Waals surface area contributed by atoms with Crippen LogP contribution in [0.15, 0.2) is 12.1 Å². The summed E-state index contributed by atoms with van der Waals surface area (Å²) in [5, 5.41) is 0. The molecule has 1 nitrogen and oxygen atoms in total. The van der Waals surface area contributed by atoms with Crippen molar-refractivity contribution in [2.45, 2.75) is 51.0 Å². The first kappa shape index (κ1) is 11.9. The van der Waals surface area contributed by atoms with E-state index < -0.39 is 11.6 Å². The monoisotopic (exact) mass is 252 g/mol. The van der Waals surface area contributed by atoms with E-state index in [1.165, 1.54) is 0 Å². The van der Waals surface area contributed by atoms with Gasteiger partial charge in [-0.3, -0.25) is 0 Å². The van der Waals surface area contributed by atoms with Gasteiger partial charge in [0.2, 0.25) is 5.82 Å². The second-order valence-electron chi connectivity index (χ2n) is 5.52. The Morgan fingerprint density at radius 1 is 1.00 bits per heavy atom. The number of hydrogen-bond donors (Lipinski definition) is 0. The van der Waals surface area contributed by atoms with Crippen molar-refractivity contribution in [1.82, 2.24) is 0 Å². The minimum Gasteiger partial charge on any atom is -0.487 e. The molecule has 1 aromatic rings. The van der Waals surface area contributed by atoms with Crippen LogP contribution in [0.2, 0.25) is 0 Å². The first-order valence-corrected chi connectivity index (χ1v) is 6.87. The standard InChI is InChI=1S/C15H18F2O/c16-14-11(9-10-5-6-10)7-8-13(15(14)17)18-12-3-1-2-4-12/h7-8,10,12H,1-6,9H2. The topological polar surface area (TPSA) is 9.23 Å². The molecule has 2 aliphatic rings. The van der Waals surface area contributed by atoms with E-state index in [4.69, 9.17) is 4.74 Å². The summed E-state index contributed by atoms with van der Waals surface area (Å²) < 4.78 is 33.3. The smallest absolute Gasteiger partial charge is 0.200 e. The molecular weight excluding hydrogens is 234 g/mol. The van der Waals surface area contributed by atoms with Crippen molar-refractivity contribution in [2.24, 2.45) is 5.92 Å². The van der Waals surface area contributed by atoms with E-state index in [0.29, 0.717) is 17.9 Å². The van der Waals surface area contributed by atoms with Crippen LogP contribution in [-0.2, 0) is 6.42 Å². The molecular formula is C15H18F2O. The molecule has 0 N–H and O–H groups in total. The van der Waals surface area contributed by atoms with Crippen molar-refractivity contribution < 1.29 is 13.5 Å². The summed E-state index contributed by atoms with van der Waals surface area (Å²) >= 11 is 0. The van der Waals surface area contributed by atoms with Gasteiger partial charge >= 0.3 is 0 Å². The number of benzene rings is 1. The molecule has 0 aliphatic heterocycles. The molecule has 98 valence electrons. The molecule has 3 heteroatoms. The molecule has 0 bridgehead atoms. The molecule has 2 aliphatic carbocycles. The zero-order valence-corrected chi connectivity index (χ0v) is 10.4. The average Bonchev–Trinajstić information content (AvgIpc) is 3.03. The summed E-state index contributed by atoms with van der Waals surface area (Å²) in [5.74, 6) is -0.878. The van der Waals surface area contributed by atoms with Gasteiger partial charge in [0, 0.05) is 0 Å². The van der Waals surface area contributed by atoms with Gasteiger partial charge in [-0.1, -0.05) is 6.07 Å². The van der Waals surface area contributed by atoms with Crippen molar-refractivity contribution in [1.29, 1.82) is 0 Å². The largest absolute Gasteiger partial charge is 0.487 e. The predicted octanol–water partition coefficient (Wildman–Crippen LogP) is 4.24. The summed E-state index contributed by atoms with van der Waals surface area (Å²) in [6.45, 7) is 0. The van der Waals surface area contributed by atoms with E-state index in [-0.39, 0.29) is 11.9 Å². The summed E-state index contributed by atoms with van der Waals surface area (Å²) in [6.07, 6.45) is 7.14. The maximum atomic E-state index is 13.9. The Labute approximate surface area is 106 Å². The van der Waals surface area contributed by atoms with E-state index in [1.807, 2.05) is 0 Å². The van der Waals surface area contributed by atoms with Gasteiger partial charge in [-0.2, -0.15) is 4.39 Å². The predicted molar refractivity (Wildman–Crippen MR) is 65.7 cm³/mol. The van der Waals surface area contributed by atoms with Crippen LogP contribution in [0.4, 0.5) is 8.78 Å². The fourth-order valence-electron chi connectivity index (χ4n) is 2.64. The van der Waals surface area contributed by atoms with Crippen LogP contribution < -0.4 is 4.74 Å². The second kappa shape index (κ2) is 4.87. The van der Waals surface area contributed by atoms with Gasteiger partial charge in [-0.05, 0) is 62.5 Å². The van der Waals surface area contributed by atoms with Crippen molar-refractivity contribution in [3.63, 3.8) is 0 Å². The first-order valence-electron chi connectivity index (χ1n) is 6.87. The highest BCUT2D eigenvalue weighted by molar-refractivity contribution is 5.32. The van der Waals surface area contributed by atoms with E-state index in [9.17, 15) is 8.78 Å². The van der Waals surface area contributed by atoms with Gasteiger partial charge in [-0.25, -0.2) is 4.39 Å². The van der Waals surface area contributed by atoms with Gasteiger partial charge in [0.05, 0.1) is 6.10 Å². The quantitative estimate of drug-likeness (QED) is 0.778. The number of halogens is 2. The summed E-state index contributed by atoms with van der Waals surface area (Å²) in [7, 11) is 0. The molecule has 0 unspecified atom stereocenters. The second-order valence-corrected chi connectivity index (χ2v) is 5.52. The minimum absolute atomic E-state index is 0.0631. The summed E-state index contributed by atoms with van der Waals surface area (Å²) in [4.78, 5) is 0. The highest BCUT2D eigenvalue weighted by atomic mass is 19.2. The highest BCUT2D eigenvalue weighted by Gasteiger charge is 2.25. The molecule has 0 spiro atoms. The maximum absolute atomic E-state index is 13.9. The summed E-state index contributed by atoms with van der Waals surface area (Å²) in [5.41, 5.74) is 0.494. The SMILES string of the molecule is Fc1c(CC2CC2)ccc(OC2CCCC2)c1F. The zero-order valence-electron chi connectivity index (χ0n) is 10.4. The van der Waals surface area contributed by atoms with Crippen molar-refractivity contribution in [2.75, 3.05) is 0 Å². The normalized spacial score (nSPS) is 20.3. The van der Waals surface area contributed by atoms with Crippen molar-refractivity contribution in [3.05, 3.63) is 29.3 Å². The van der Waals surface area contributed by atoms with Gasteiger partial charge < -0.3 is 4.74 Å². The number of hydrogen-bond acceptors (Lipinski definition) is 1. The van der Waals surface area contributed by atoms with Gasteiger partial charge in [0.1, 0.15) is 0 Å². The van der Waals surface area contributed by atoms with Gasteiger partial charge in [0.15, 0.2) is 11.6 Å². The van der Waals surface area contributed by atoms with Gasteiger partial charge in [-0.15, -0.1) is 0 Å². The maximum Gasteiger partial charge on any atom is 0.200 e. The minimum atomic E-state index is -0.806. The Bertz CT molecular complexity index is 434. The third-order valence-electron chi connectivity index (χ3n) is 3.93. The van der Waals surface area contributed by atoms with Crippen LogP contribution in [-0.4, -0.2) is 6.10 Å². The lowest BCUT2D eigenvalue weighted by molar-refractivity contribution is 0.198.